The molecule has 17 heavy (non-hydrogen) atoms. The van der Waals surface area contributed by atoms with E-state index in [9.17, 15) is 0 Å². The minimum atomic E-state index is 0.866. The van der Waals surface area contributed by atoms with Gasteiger partial charge in [0.05, 0.1) is 12.0 Å². The van der Waals surface area contributed by atoms with Crippen LogP contribution in [-0.2, 0) is 24.2 Å². The molecule has 96 valence electrons. The summed E-state index contributed by atoms with van der Waals surface area (Å²) in [6.45, 7) is 7.00. The number of aryl methyl sites for hydroxylation is 1. The zero-order chi connectivity index (χ0) is 11.9. The van der Waals surface area contributed by atoms with Crippen molar-refractivity contribution in [2.24, 2.45) is 0 Å². The van der Waals surface area contributed by atoms with Gasteiger partial charge in [-0.2, -0.15) is 0 Å². The molecule has 2 rings (SSSR count). The molecule has 1 aliphatic heterocycles. The smallest absolute Gasteiger partial charge is 0.0952 e. The van der Waals surface area contributed by atoms with E-state index in [0.717, 1.165) is 45.7 Å². The van der Waals surface area contributed by atoms with E-state index in [4.69, 9.17) is 4.74 Å². The molecule has 2 heterocycles. The van der Waals surface area contributed by atoms with Gasteiger partial charge in [-0.05, 0) is 12.8 Å². The molecule has 0 bridgehead atoms. The van der Waals surface area contributed by atoms with Crippen molar-refractivity contribution in [1.82, 2.24) is 14.9 Å². The maximum absolute atomic E-state index is 5.57. The first-order valence-electron chi connectivity index (χ1n) is 6.73. The van der Waals surface area contributed by atoms with Gasteiger partial charge in [0.1, 0.15) is 0 Å². The van der Waals surface area contributed by atoms with Gasteiger partial charge in [0, 0.05) is 45.0 Å². The van der Waals surface area contributed by atoms with Gasteiger partial charge < -0.3 is 14.6 Å². The summed E-state index contributed by atoms with van der Waals surface area (Å²) in [7, 11) is 0. The van der Waals surface area contributed by atoms with Gasteiger partial charge in [-0.3, -0.25) is 0 Å². The highest BCUT2D eigenvalue weighted by Crippen LogP contribution is 2.12. The second kappa shape index (κ2) is 6.77. The quantitative estimate of drug-likeness (QED) is 0.734. The molecule has 0 saturated heterocycles. The van der Waals surface area contributed by atoms with Crippen molar-refractivity contribution in [3.63, 3.8) is 0 Å². The third-order valence-electron chi connectivity index (χ3n) is 3.19. The number of rotatable bonds is 7. The fourth-order valence-corrected chi connectivity index (χ4v) is 2.18. The molecule has 0 aliphatic carbocycles. The third-order valence-corrected chi connectivity index (χ3v) is 3.19. The predicted octanol–water partition coefficient (Wildman–Crippen LogP) is 1.74. The fourth-order valence-electron chi connectivity index (χ4n) is 2.18. The standard InChI is InChI=1S/C13H23N3O/c1-2-3-8-17-9-4-7-16-11-15-12-10-14-6-5-13(12)16/h11,14H,2-10H2,1H3. The topological polar surface area (TPSA) is 39.1 Å². The van der Waals surface area contributed by atoms with Crippen LogP contribution in [0.4, 0.5) is 0 Å². The Labute approximate surface area is 103 Å². The molecule has 1 aliphatic rings. The van der Waals surface area contributed by atoms with Crippen LogP contribution >= 0.6 is 0 Å². The highest BCUT2D eigenvalue weighted by molar-refractivity contribution is 5.16. The lowest BCUT2D eigenvalue weighted by Crippen LogP contribution is -2.25. The van der Waals surface area contributed by atoms with E-state index in [-0.39, 0.29) is 0 Å². The Morgan fingerprint density at radius 3 is 3.18 bits per heavy atom. The molecule has 1 aromatic heterocycles. The molecule has 0 aromatic carbocycles. The normalized spacial score (nSPS) is 14.9. The molecular formula is C13H23N3O. The van der Waals surface area contributed by atoms with Crippen molar-refractivity contribution in [3.8, 4) is 0 Å². The number of fused-ring (bicyclic) bond motifs is 1. The zero-order valence-electron chi connectivity index (χ0n) is 10.7. The summed E-state index contributed by atoms with van der Waals surface area (Å²) in [5.74, 6) is 0. The number of nitrogens with one attached hydrogen (secondary N) is 1. The number of imidazole rings is 1. The van der Waals surface area contributed by atoms with Crippen LogP contribution < -0.4 is 5.32 Å². The molecule has 0 saturated carbocycles. The van der Waals surface area contributed by atoms with Crippen LogP contribution in [-0.4, -0.2) is 29.3 Å². The summed E-state index contributed by atoms with van der Waals surface area (Å²) in [4.78, 5) is 4.44. The van der Waals surface area contributed by atoms with Crippen LogP contribution in [0, 0.1) is 0 Å². The fraction of sp³-hybridized carbons (Fsp3) is 0.769. The van der Waals surface area contributed by atoms with Gasteiger partial charge in [-0.25, -0.2) is 4.98 Å². The minimum Gasteiger partial charge on any atom is -0.381 e. The van der Waals surface area contributed by atoms with E-state index < -0.39 is 0 Å². The van der Waals surface area contributed by atoms with Crippen LogP contribution in [0.3, 0.4) is 0 Å². The number of aromatic nitrogens is 2. The van der Waals surface area contributed by atoms with Gasteiger partial charge in [0.15, 0.2) is 0 Å². The van der Waals surface area contributed by atoms with Crippen molar-refractivity contribution in [2.75, 3.05) is 19.8 Å². The van der Waals surface area contributed by atoms with Crippen molar-refractivity contribution in [1.29, 1.82) is 0 Å². The molecule has 1 aromatic rings. The first kappa shape index (κ1) is 12.6. The van der Waals surface area contributed by atoms with Crippen molar-refractivity contribution in [3.05, 3.63) is 17.7 Å². The van der Waals surface area contributed by atoms with Crippen LogP contribution in [0.15, 0.2) is 6.33 Å². The Morgan fingerprint density at radius 1 is 1.41 bits per heavy atom. The Kier molecular flexibility index (Phi) is 5.01. The second-order valence-corrected chi connectivity index (χ2v) is 4.58. The van der Waals surface area contributed by atoms with Crippen molar-refractivity contribution in [2.45, 2.75) is 45.7 Å². The molecular weight excluding hydrogens is 214 g/mol. The minimum absolute atomic E-state index is 0.866. The Bertz CT molecular complexity index is 335. The van der Waals surface area contributed by atoms with Gasteiger partial charge in [0.2, 0.25) is 0 Å². The van der Waals surface area contributed by atoms with Crippen molar-refractivity contribution >= 4 is 0 Å². The summed E-state index contributed by atoms with van der Waals surface area (Å²) >= 11 is 0. The summed E-state index contributed by atoms with van der Waals surface area (Å²) in [5, 5.41) is 3.34. The number of unbranched alkanes of at least 4 members (excludes halogenated alkanes) is 1. The number of hydrogen-bond acceptors (Lipinski definition) is 3. The largest absolute Gasteiger partial charge is 0.381 e. The molecule has 4 heteroatoms. The van der Waals surface area contributed by atoms with E-state index in [1.807, 2.05) is 6.33 Å². The molecule has 0 unspecified atom stereocenters. The van der Waals surface area contributed by atoms with Crippen molar-refractivity contribution < 1.29 is 4.74 Å². The van der Waals surface area contributed by atoms with Gasteiger partial charge in [-0.1, -0.05) is 13.3 Å². The predicted molar refractivity (Wildman–Crippen MR) is 68.0 cm³/mol. The van der Waals surface area contributed by atoms with Gasteiger partial charge >= 0.3 is 0 Å². The molecule has 0 fully saturated rings. The van der Waals surface area contributed by atoms with Crippen LogP contribution in [0.1, 0.15) is 37.6 Å². The monoisotopic (exact) mass is 237 g/mol. The summed E-state index contributed by atoms with van der Waals surface area (Å²) < 4.78 is 7.86. The van der Waals surface area contributed by atoms with E-state index >= 15 is 0 Å². The molecule has 0 atom stereocenters. The maximum Gasteiger partial charge on any atom is 0.0952 e. The molecule has 0 radical (unpaired) electrons. The van der Waals surface area contributed by atoms with Gasteiger partial charge in [-0.15, -0.1) is 0 Å². The lowest BCUT2D eigenvalue weighted by atomic mass is 10.2. The SMILES string of the molecule is CCCCOCCCn1cnc2c1CCNC2. The average molecular weight is 237 g/mol. The number of hydrogen-bond donors (Lipinski definition) is 1. The second-order valence-electron chi connectivity index (χ2n) is 4.58. The van der Waals surface area contributed by atoms with E-state index in [1.54, 1.807) is 0 Å². The molecule has 4 nitrogen and oxygen atoms in total. The number of nitrogens with zero attached hydrogens (tertiary/aromatic N) is 2. The van der Waals surface area contributed by atoms with Crippen LogP contribution in [0.25, 0.3) is 0 Å². The first-order chi connectivity index (χ1) is 8.42. The lowest BCUT2D eigenvalue weighted by Gasteiger charge is -2.15. The van der Waals surface area contributed by atoms with E-state index in [0.29, 0.717) is 0 Å². The van der Waals surface area contributed by atoms with Crippen LogP contribution in [0.5, 0.6) is 0 Å². The number of ether oxygens (including phenoxy) is 1. The molecule has 1 N–H and O–H groups in total. The Hall–Kier alpha value is -0.870. The highest BCUT2D eigenvalue weighted by atomic mass is 16.5. The van der Waals surface area contributed by atoms with Gasteiger partial charge in [0.25, 0.3) is 0 Å². The van der Waals surface area contributed by atoms with E-state index in [2.05, 4.69) is 21.8 Å². The van der Waals surface area contributed by atoms with Crippen LogP contribution in [0.2, 0.25) is 0 Å². The summed E-state index contributed by atoms with van der Waals surface area (Å²) in [6.07, 6.45) is 6.55. The third kappa shape index (κ3) is 3.54. The lowest BCUT2D eigenvalue weighted by molar-refractivity contribution is 0.126. The molecule has 0 spiro atoms. The Morgan fingerprint density at radius 2 is 2.29 bits per heavy atom. The Balaban J connectivity index is 1.70. The first-order valence-corrected chi connectivity index (χ1v) is 6.73. The molecule has 0 amide bonds. The van der Waals surface area contributed by atoms with E-state index in [1.165, 1.54) is 24.2 Å². The average Bonchev–Trinajstić information content (AvgIpc) is 2.77. The zero-order valence-corrected chi connectivity index (χ0v) is 10.7. The highest BCUT2D eigenvalue weighted by Gasteiger charge is 2.13. The summed E-state index contributed by atoms with van der Waals surface area (Å²) in [5.41, 5.74) is 2.64. The maximum atomic E-state index is 5.57. The summed E-state index contributed by atoms with van der Waals surface area (Å²) in [6, 6.07) is 0.